The van der Waals surface area contributed by atoms with Gasteiger partial charge < -0.3 is 90.4 Å². The van der Waals surface area contributed by atoms with Gasteiger partial charge in [-0.3, -0.25) is 48.1 Å². The van der Waals surface area contributed by atoms with E-state index in [2.05, 4.69) is 47.5 Å². The Morgan fingerprint density at radius 1 is 0.587 bits per heavy atom. The van der Waals surface area contributed by atoms with Crippen LogP contribution in [-0.4, -0.2) is 188 Å². The Morgan fingerprint density at radius 2 is 1.04 bits per heavy atom. The second-order valence-electron chi connectivity index (χ2n) is 18.9. The molecule has 1 rings (SSSR count). The number of hydrogen-bond donors (Lipinski definition) is 17. The summed E-state index contributed by atoms with van der Waals surface area (Å²) < 4.78 is 0. The number of hydrogen-bond acceptors (Lipinski definition) is 17. The normalized spacial score (nSPS) is 15.7. The van der Waals surface area contributed by atoms with Crippen LogP contribution in [0.3, 0.4) is 0 Å². The molecule has 0 bridgehead atoms. The summed E-state index contributed by atoms with van der Waals surface area (Å²) in [5, 5.41) is 79.7. The van der Waals surface area contributed by atoms with Crippen LogP contribution in [-0.2, 0) is 49.6 Å². The molecule has 0 fully saturated rings. The molecule has 1 aromatic rings. The number of aromatic hydroxyl groups is 1. The maximum atomic E-state index is 14.2. The number of carboxylic acid groups (broad SMARTS) is 1. The van der Waals surface area contributed by atoms with Crippen LogP contribution in [0.4, 0.5) is 0 Å². The number of carboxylic acids is 1. The summed E-state index contributed by atoms with van der Waals surface area (Å²) in [5.41, 5.74) is 16.9. The first-order valence-electron chi connectivity index (χ1n) is 24.4. The molecule has 0 saturated carbocycles. The molecule has 0 aliphatic heterocycles. The van der Waals surface area contributed by atoms with Gasteiger partial charge in [-0.25, -0.2) is 0 Å². The molecule has 424 valence electrons. The molecule has 0 aromatic heterocycles. The maximum Gasteiger partial charge on any atom is 0.305 e. The average Bonchev–Trinajstić information content (AvgIpc) is 3.32. The number of aliphatic imine (C=N–C) groups is 1. The molecule has 20 N–H and O–H groups in total. The largest absolute Gasteiger partial charge is 0.508 e. The van der Waals surface area contributed by atoms with Crippen LogP contribution in [0.15, 0.2) is 29.3 Å². The van der Waals surface area contributed by atoms with E-state index in [1.807, 2.05) is 13.8 Å². The molecule has 0 spiro atoms. The number of phenolic OH excluding ortho intramolecular Hbond substituents is 1. The quantitative estimate of drug-likeness (QED) is 0.0172. The zero-order valence-corrected chi connectivity index (χ0v) is 44.4. The van der Waals surface area contributed by atoms with E-state index in [9.17, 15) is 73.8 Å². The summed E-state index contributed by atoms with van der Waals surface area (Å²) in [6.07, 6.45) is -2.44. The number of aliphatic carboxylic acids is 1. The first kappa shape index (κ1) is 66.7. The van der Waals surface area contributed by atoms with Crippen molar-refractivity contribution in [3.63, 3.8) is 0 Å². The Morgan fingerprint density at radius 3 is 1.53 bits per heavy atom. The van der Waals surface area contributed by atoms with Crippen LogP contribution in [0, 0.1) is 11.8 Å². The Bertz CT molecular complexity index is 2060. The van der Waals surface area contributed by atoms with E-state index in [1.54, 1.807) is 20.1 Å². The number of nitrogens with zero attached hydrogens (tertiary/aromatic N) is 1. The summed E-state index contributed by atoms with van der Waals surface area (Å²) in [4.78, 5) is 125. The number of carbonyl (C=O) groups is 9. The highest BCUT2D eigenvalue weighted by Gasteiger charge is 2.37. The van der Waals surface area contributed by atoms with Gasteiger partial charge in [0, 0.05) is 13.0 Å². The van der Waals surface area contributed by atoms with Gasteiger partial charge in [0.25, 0.3) is 0 Å². The summed E-state index contributed by atoms with van der Waals surface area (Å²) >= 11 is 1.28. The van der Waals surface area contributed by atoms with Crippen LogP contribution < -0.4 is 59.7 Å². The number of rotatable bonds is 35. The topological polar surface area (TPSA) is 462 Å². The van der Waals surface area contributed by atoms with Crippen molar-refractivity contribution in [2.45, 2.75) is 153 Å². The molecular weight excluding hydrogens is 1000 g/mol. The van der Waals surface area contributed by atoms with Crippen LogP contribution in [0.1, 0.15) is 85.6 Å². The van der Waals surface area contributed by atoms with Crippen molar-refractivity contribution in [2.75, 3.05) is 31.8 Å². The molecule has 0 radical (unpaired) electrons. The van der Waals surface area contributed by atoms with Crippen LogP contribution >= 0.6 is 11.8 Å². The van der Waals surface area contributed by atoms with Crippen LogP contribution in [0.5, 0.6) is 5.75 Å². The number of amides is 8. The van der Waals surface area contributed by atoms with Gasteiger partial charge in [0.2, 0.25) is 47.3 Å². The average molecular weight is 1090 g/mol. The number of aliphatic hydroxyl groups excluding tert-OH is 4. The van der Waals surface area contributed by atoms with E-state index in [0.29, 0.717) is 12.0 Å². The SMILES string of the molecule is CSCC[C@H](NC(=O)[C@H](CC(=O)O)NC(=O)[C@@H](NC(=O)[C@H](CC(C)C)NC(=O)[C@H](Cc1ccc(O)cc1)NC(=O)[C@H](CCCN=C(N)N)NC(=O)[C@@H](N)CO)[C@@H](C)O)C(=O)N[C@H](C(=O)N[C@H](CO)CC(C)C)[C@@H](C)O. The third kappa shape index (κ3) is 25.6. The Balaban J connectivity index is 3.51. The second-order valence-corrected chi connectivity index (χ2v) is 19.9. The third-order valence-electron chi connectivity index (χ3n) is 11.2. The standard InChI is InChI=1S/C47H80N12O15S/c1-23(2)17-28(21-60)52-45(73)37(25(5)62)58-41(69)32(14-16-75-7)54-43(71)35(20-36(65)66)57-46(74)38(26(6)63)59-44(72)33(18-24(3)4)55-42(70)34(19-27-10-12-29(64)13-11-27)56-40(68)31(9-8-15-51-47(49)50)53-39(67)30(48)22-61/h10-13,23-26,28,30-35,37-38,60-64H,8-9,14-22,48H2,1-7H3,(H,52,73)(H,53,67)(H,54,71)(H,55,70)(H,56,68)(H,57,74)(H,58,69)(H,59,72)(H,65,66)(H4,49,50,51)/t25-,26-,28+,30+,31+,32+,33+,34+,35+,37+,38+/m1/s1. The number of thioether (sulfide) groups is 1. The van der Waals surface area contributed by atoms with Gasteiger partial charge >= 0.3 is 5.97 Å². The van der Waals surface area contributed by atoms with Gasteiger partial charge in [-0.1, -0.05) is 39.8 Å². The lowest BCUT2D eigenvalue weighted by molar-refractivity contribution is -0.142. The molecule has 8 amide bonds. The lowest BCUT2D eigenvalue weighted by Gasteiger charge is -2.29. The summed E-state index contributed by atoms with van der Waals surface area (Å²) in [6.45, 7) is 8.36. The number of nitrogens with two attached hydrogens (primary N) is 3. The van der Waals surface area contributed by atoms with Crippen molar-refractivity contribution in [2.24, 2.45) is 34.0 Å². The molecule has 75 heavy (non-hydrogen) atoms. The summed E-state index contributed by atoms with van der Waals surface area (Å²) in [7, 11) is 0. The lowest BCUT2D eigenvalue weighted by Crippen LogP contribution is -2.62. The highest BCUT2D eigenvalue weighted by atomic mass is 32.2. The van der Waals surface area contributed by atoms with Gasteiger partial charge in [0.15, 0.2) is 5.96 Å². The zero-order chi connectivity index (χ0) is 57.1. The zero-order valence-electron chi connectivity index (χ0n) is 43.5. The van der Waals surface area contributed by atoms with E-state index in [0.717, 1.165) is 6.92 Å². The van der Waals surface area contributed by atoms with E-state index >= 15 is 0 Å². The van der Waals surface area contributed by atoms with Gasteiger partial charge in [-0.2, -0.15) is 11.8 Å². The molecule has 0 unspecified atom stereocenters. The van der Waals surface area contributed by atoms with E-state index in [-0.39, 0.29) is 67.9 Å². The predicted molar refractivity (Wildman–Crippen MR) is 277 cm³/mol. The van der Waals surface area contributed by atoms with Crippen molar-refractivity contribution in [1.29, 1.82) is 0 Å². The van der Waals surface area contributed by atoms with Gasteiger partial charge in [-0.15, -0.1) is 0 Å². The highest BCUT2D eigenvalue weighted by Crippen LogP contribution is 2.14. The molecule has 28 heteroatoms. The van der Waals surface area contributed by atoms with E-state index in [1.165, 1.54) is 43.0 Å². The third-order valence-corrected chi connectivity index (χ3v) is 11.8. The van der Waals surface area contributed by atoms with Gasteiger partial charge in [0.1, 0.15) is 54.1 Å². The molecule has 0 aliphatic rings. The van der Waals surface area contributed by atoms with Crippen LogP contribution in [0.2, 0.25) is 0 Å². The Labute approximate surface area is 440 Å². The lowest BCUT2D eigenvalue weighted by atomic mass is 10.00. The molecule has 1 aromatic carbocycles. The number of carbonyl (C=O) groups excluding carboxylic acids is 8. The van der Waals surface area contributed by atoms with Crippen molar-refractivity contribution in [3.8, 4) is 5.75 Å². The van der Waals surface area contributed by atoms with Crippen molar-refractivity contribution in [1.82, 2.24) is 42.5 Å². The smallest absolute Gasteiger partial charge is 0.305 e. The van der Waals surface area contributed by atoms with E-state index < -0.39 is 139 Å². The molecule has 11 atom stereocenters. The predicted octanol–water partition coefficient (Wildman–Crippen LogP) is -4.74. The van der Waals surface area contributed by atoms with Crippen molar-refractivity contribution < 1.29 is 73.8 Å². The highest BCUT2D eigenvalue weighted by molar-refractivity contribution is 7.98. The number of aliphatic hydroxyl groups is 4. The molecule has 0 saturated heterocycles. The minimum absolute atomic E-state index is 0.0507. The monoisotopic (exact) mass is 1080 g/mol. The van der Waals surface area contributed by atoms with Gasteiger partial charge in [0.05, 0.1) is 37.9 Å². The number of guanidine groups is 1. The Kier molecular flexibility index (Phi) is 30.5. The van der Waals surface area contributed by atoms with Crippen LogP contribution in [0.25, 0.3) is 0 Å². The fraction of sp³-hybridized carbons (Fsp3) is 0.660. The molecule has 27 nitrogen and oxygen atoms in total. The number of phenols is 1. The van der Waals surface area contributed by atoms with Crippen molar-refractivity contribution in [3.05, 3.63) is 29.8 Å². The van der Waals surface area contributed by atoms with E-state index in [4.69, 9.17) is 17.2 Å². The molecule has 0 heterocycles. The molecule has 0 aliphatic carbocycles. The Hall–Kier alpha value is -6.33. The first-order chi connectivity index (χ1) is 35.1. The minimum atomic E-state index is -1.93. The number of nitrogens with one attached hydrogen (secondary N) is 8. The summed E-state index contributed by atoms with van der Waals surface area (Å²) in [6, 6.07) is -7.62. The number of benzene rings is 1. The fourth-order valence-electron chi connectivity index (χ4n) is 7.24. The second kappa shape index (κ2) is 34.3. The minimum Gasteiger partial charge on any atom is -0.508 e. The maximum absolute atomic E-state index is 14.2. The van der Waals surface area contributed by atoms with Crippen molar-refractivity contribution >= 4 is 70.9 Å². The summed E-state index contributed by atoms with van der Waals surface area (Å²) in [5.74, 6) is -9.85. The van der Waals surface area contributed by atoms with Gasteiger partial charge in [-0.05, 0) is 87.5 Å². The molecular formula is C47H80N12O15S. The fourth-order valence-corrected chi connectivity index (χ4v) is 7.71. The first-order valence-corrected chi connectivity index (χ1v) is 25.8.